The lowest BCUT2D eigenvalue weighted by atomic mass is 10.1. The average Bonchev–Trinajstić information content (AvgIpc) is 2.46. The third-order valence-corrected chi connectivity index (χ3v) is 4.08. The van der Waals surface area contributed by atoms with Crippen LogP contribution in [0.5, 0.6) is 0 Å². The molecule has 1 N–H and O–H groups in total. The monoisotopic (exact) mass is 245 g/mol. The first-order valence-electron chi connectivity index (χ1n) is 7.24. The Morgan fingerprint density at radius 2 is 1.78 bits per heavy atom. The molecule has 0 spiro atoms. The average molecular weight is 245 g/mol. The maximum atomic E-state index is 3.48. The SMILES string of the molecule is c1ccc2c(c1)NCCN2CCN1CCCCC1. The summed E-state index contributed by atoms with van der Waals surface area (Å²) < 4.78 is 0. The Balaban J connectivity index is 1.60. The molecule has 1 fully saturated rings. The molecule has 3 heteroatoms. The Hall–Kier alpha value is -1.22. The van der Waals surface area contributed by atoms with Gasteiger partial charge < -0.3 is 15.1 Å². The fourth-order valence-electron chi connectivity index (χ4n) is 3.02. The van der Waals surface area contributed by atoms with Crippen LogP contribution in [0.4, 0.5) is 11.4 Å². The van der Waals surface area contributed by atoms with Crippen LogP contribution in [0.3, 0.4) is 0 Å². The van der Waals surface area contributed by atoms with Crippen LogP contribution < -0.4 is 10.2 Å². The second-order valence-corrected chi connectivity index (χ2v) is 5.33. The van der Waals surface area contributed by atoms with Gasteiger partial charge >= 0.3 is 0 Å². The molecule has 3 rings (SSSR count). The standard InChI is InChI=1S/C15H23N3/c1-4-9-17(10-5-1)12-13-18-11-8-16-14-6-2-3-7-15(14)18/h2-3,6-7,16H,1,4-5,8-13H2. The maximum absolute atomic E-state index is 3.48. The van der Waals surface area contributed by atoms with E-state index in [9.17, 15) is 0 Å². The van der Waals surface area contributed by atoms with Crippen molar-refractivity contribution in [3.05, 3.63) is 24.3 Å². The first kappa shape index (κ1) is 11.8. The molecule has 0 amide bonds. The van der Waals surface area contributed by atoms with Crippen molar-refractivity contribution >= 4 is 11.4 Å². The first-order chi connectivity index (χ1) is 8.93. The predicted molar refractivity (Wildman–Crippen MR) is 77.4 cm³/mol. The number of likely N-dealkylation sites (tertiary alicyclic amines) is 1. The third-order valence-electron chi connectivity index (χ3n) is 4.08. The Kier molecular flexibility index (Phi) is 3.69. The van der Waals surface area contributed by atoms with Gasteiger partial charge in [-0.1, -0.05) is 18.6 Å². The number of piperidine rings is 1. The molecule has 98 valence electrons. The minimum absolute atomic E-state index is 1.07. The summed E-state index contributed by atoms with van der Waals surface area (Å²) in [7, 11) is 0. The highest BCUT2D eigenvalue weighted by molar-refractivity contribution is 5.71. The lowest BCUT2D eigenvalue weighted by Crippen LogP contribution is -2.41. The highest BCUT2D eigenvalue weighted by Crippen LogP contribution is 2.28. The van der Waals surface area contributed by atoms with Gasteiger partial charge in [0.15, 0.2) is 0 Å². The lowest BCUT2D eigenvalue weighted by molar-refractivity contribution is 0.233. The van der Waals surface area contributed by atoms with Crippen molar-refractivity contribution in [3.8, 4) is 0 Å². The van der Waals surface area contributed by atoms with E-state index < -0.39 is 0 Å². The van der Waals surface area contributed by atoms with Crippen molar-refractivity contribution in [1.82, 2.24) is 4.90 Å². The van der Waals surface area contributed by atoms with E-state index in [0.29, 0.717) is 0 Å². The Morgan fingerprint density at radius 1 is 0.944 bits per heavy atom. The van der Waals surface area contributed by atoms with E-state index in [1.54, 1.807) is 0 Å². The number of para-hydroxylation sites is 2. The van der Waals surface area contributed by atoms with E-state index in [4.69, 9.17) is 0 Å². The molecule has 1 aromatic rings. The molecule has 3 nitrogen and oxygen atoms in total. The van der Waals surface area contributed by atoms with E-state index in [2.05, 4.69) is 39.4 Å². The zero-order valence-electron chi connectivity index (χ0n) is 11.1. The van der Waals surface area contributed by atoms with Crippen LogP contribution in [0.25, 0.3) is 0 Å². The van der Waals surface area contributed by atoms with E-state index >= 15 is 0 Å². The topological polar surface area (TPSA) is 18.5 Å². The highest BCUT2D eigenvalue weighted by atomic mass is 15.2. The van der Waals surface area contributed by atoms with Gasteiger partial charge in [0.25, 0.3) is 0 Å². The molecular formula is C15H23N3. The summed E-state index contributed by atoms with van der Waals surface area (Å²) in [6.07, 6.45) is 4.20. The number of anilines is 2. The fourth-order valence-corrected chi connectivity index (χ4v) is 3.02. The van der Waals surface area contributed by atoms with Gasteiger partial charge in [-0.05, 0) is 38.1 Å². The van der Waals surface area contributed by atoms with E-state index in [1.807, 2.05) is 0 Å². The van der Waals surface area contributed by atoms with E-state index in [1.165, 1.54) is 56.8 Å². The molecule has 1 aromatic carbocycles. The van der Waals surface area contributed by atoms with Gasteiger partial charge in [0.1, 0.15) is 0 Å². The van der Waals surface area contributed by atoms with Crippen LogP contribution in [0, 0.1) is 0 Å². The number of hydrogen-bond donors (Lipinski definition) is 1. The molecule has 2 heterocycles. The highest BCUT2D eigenvalue weighted by Gasteiger charge is 2.17. The molecule has 0 unspecified atom stereocenters. The maximum Gasteiger partial charge on any atom is 0.0603 e. The second kappa shape index (κ2) is 5.61. The van der Waals surface area contributed by atoms with Crippen molar-refractivity contribution in [1.29, 1.82) is 0 Å². The zero-order valence-corrected chi connectivity index (χ0v) is 11.1. The Morgan fingerprint density at radius 3 is 2.67 bits per heavy atom. The molecule has 0 saturated carbocycles. The smallest absolute Gasteiger partial charge is 0.0603 e. The van der Waals surface area contributed by atoms with Crippen LogP contribution >= 0.6 is 0 Å². The quantitative estimate of drug-likeness (QED) is 0.882. The second-order valence-electron chi connectivity index (χ2n) is 5.33. The summed E-state index contributed by atoms with van der Waals surface area (Å²) in [6, 6.07) is 8.67. The van der Waals surface area contributed by atoms with E-state index in [0.717, 1.165) is 13.1 Å². The summed E-state index contributed by atoms with van der Waals surface area (Å²) in [5, 5.41) is 3.48. The van der Waals surface area contributed by atoms with Crippen molar-refractivity contribution in [3.63, 3.8) is 0 Å². The largest absolute Gasteiger partial charge is 0.382 e. The van der Waals surface area contributed by atoms with Gasteiger partial charge in [0.2, 0.25) is 0 Å². The Labute approximate surface area is 110 Å². The number of fused-ring (bicyclic) bond motifs is 1. The summed E-state index contributed by atoms with van der Waals surface area (Å²) in [5.74, 6) is 0. The molecule has 0 bridgehead atoms. The summed E-state index contributed by atoms with van der Waals surface area (Å²) in [5.41, 5.74) is 2.67. The van der Waals surface area contributed by atoms with Gasteiger partial charge in [-0.3, -0.25) is 0 Å². The fraction of sp³-hybridized carbons (Fsp3) is 0.600. The van der Waals surface area contributed by atoms with Gasteiger partial charge in [-0.15, -0.1) is 0 Å². The number of hydrogen-bond acceptors (Lipinski definition) is 3. The molecular weight excluding hydrogens is 222 g/mol. The molecule has 0 aromatic heterocycles. The molecule has 1 saturated heterocycles. The number of nitrogens with zero attached hydrogens (tertiary/aromatic N) is 2. The van der Waals surface area contributed by atoms with Gasteiger partial charge in [-0.2, -0.15) is 0 Å². The third kappa shape index (κ3) is 2.61. The van der Waals surface area contributed by atoms with Crippen molar-refractivity contribution in [2.24, 2.45) is 0 Å². The Bertz CT molecular complexity index is 385. The summed E-state index contributed by atoms with van der Waals surface area (Å²) in [6.45, 7) is 7.18. The van der Waals surface area contributed by atoms with Crippen LogP contribution in [0.1, 0.15) is 19.3 Å². The first-order valence-corrected chi connectivity index (χ1v) is 7.24. The minimum Gasteiger partial charge on any atom is -0.382 e. The van der Waals surface area contributed by atoms with Crippen LogP contribution in [0.2, 0.25) is 0 Å². The van der Waals surface area contributed by atoms with Gasteiger partial charge in [0, 0.05) is 26.2 Å². The normalized spacial score (nSPS) is 20.3. The summed E-state index contributed by atoms with van der Waals surface area (Å²) >= 11 is 0. The van der Waals surface area contributed by atoms with Crippen molar-refractivity contribution < 1.29 is 0 Å². The van der Waals surface area contributed by atoms with Crippen LogP contribution in [0.15, 0.2) is 24.3 Å². The number of rotatable bonds is 3. The number of benzene rings is 1. The summed E-state index contributed by atoms with van der Waals surface area (Å²) in [4.78, 5) is 5.15. The van der Waals surface area contributed by atoms with Crippen molar-refractivity contribution in [2.75, 3.05) is 49.5 Å². The van der Waals surface area contributed by atoms with Gasteiger partial charge in [-0.25, -0.2) is 0 Å². The molecule has 2 aliphatic heterocycles. The number of nitrogens with one attached hydrogen (secondary N) is 1. The molecule has 0 atom stereocenters. The van der Waals surface area contributed by atoms with E-state index in [-0.39, 0.29) is 0 Å². The van der Waals surface area contributed by atoms with Crippen molar-refractivity contribution in [2.45, 2.75) is 19.3 Å². The lowest BCUT2D eigenvalue weighted by Gasteiger charge is -2.34. The van der Waals surface area contributed by atoms with Gasteiger partial charge in [0.05, 0.1) is 11.4 Å². The minimum atomic E-state index is 1.07. The molecule has 18 heavy (non-hydrogen) atoms. The predicted octanol–water partition coefficient (Wildman–Crippen LogP) is 2.40. The zero-order chi connectivity index (χ0) is 12.2. The molecule has 0 aliphatic carbocycles. The van der Waals surface area contributed by atoms with Crippen LogP contribution in [-0.4, -0.2) is 44.2 Å². The van der Waals surface area contributed by atoms with Crippen LogP contribution in [-0.2, 0) is 0 Å². The molecule has 2 aliphatic rings. The molecule has 0 radical (unpaired) electrons.